The Morgan fingerprint density at radius 2 is 2.44 bits per heavy atom. The fourth-order valence-corrected chi connectivity index (χ4v) is 1.99. The second-order valence-corrected chi connectivity index (χ2v) is 4.05. The molecule has 1 atom stereocenters. The predicted molar refractivity (Wildman–Crippen MR) is 57.8 cm³/mol. The molecule has 0 bridgehead atoms. The van der Waals surface area contributed by atoms with Gasteiger partial charge in [-0.3, -0.25) is 9.59 Å². The van der Waals surface area contributed by atoms with Crippen molar-refractivity contribution in [2.75, 3.05) is 18.0 Å². The number of hydrogen-bond donors (Lipinski definition) is 2. The van der Waals surface area contributed by atoms with Gasteiger partial charge < -0.3 is 10.0 Å². The second-order valence-electron chi connectivity index (χ2n) is 3.67. The van der Waals surface area contributed by atoms with Crippen LogP contribution < -0.4 is 10.5 Å². The van der Waals surface area contributed by atoms with Crippen LogP contribution in [0.1, 0.15) is 6.42 Å². The van der Waals surface area contributed by atoms with Crippen LogP contribution in [0, 0.1) is 5.92 Å². The number of nitrogens with one attached hydrogen (secondary N) is 1. The van der Waals surface area contributed by atoms with Gasteiger partial charge in [-0.15, -0.1) is 0 Å². The summed E-state index contributed by atoms with van der Waals surface area (Å²) in [4.78, 5) is 23.8. The average Bonchev–Trinajstić information content (AvgIpc) is 2.71. The molecule has 1 saturated heterocycles. The van der Waals surface area contributed by atoms with E-state index in [0.29, 0.717) is 25.2 Å². The molecule has 1 aliphatic rings. The summed E-state index contributed by atoms with van der Waals surface area (Å²) < 4.78 is 0. The van der Waals surface area contributed by atoms with Crippen LogP contribution >= 0.6 is 11.6 Å². The minimum atomic E-state index is -0.823. The lowest BCUT2D eigenvalue weighted by Gasteiger charge is -2.17. The molecule has 0 radical (unpaired) electrons. The van der Waals surface area contributed by atoms with Gasteiger partial charge in [-0.05, 0) is 6.42 Å². The van der Waals surface area contributed by atoms with Crippen molar-refractivity contribution in [1.29, 1.82) is 0 Å². The van der Waals surface area contributed by atoms with Gasteiger partial charge in [0.2, 0.25) is 0 Å². The van der Waals surface area contributed by atoms with E-state index in [1.807, 2.05) is 0 Å². The number of nitrogens with zero attached hydrogens (tertiary/aromatic N) is 2. The van der Waals surface area contributed by atoms with Crippen LogP contribution in [-0.2, 0) is 4.79 Å². The highest BCUT2D eigenvalue weighted by Gasteiger charge is 2.29. The Kier molecular flexibility index (Phi) is 2.82. The normalized spacial score (nSPS) is 20.1. The largest absolute Gasteiger partial charge is 0.481 e. The van der Waals surface area contributed by atoms with E-state index in [9.17, 15) is 9.59 Å². The van der Waals surface area contributed by atoms with E-state index in [4.69, 9.17) is 16.7 Å². The Balaban J connectivity index is 2.24. The first kappa shape index (κ1) is 10.9. The zero-order valence-electron chi connectivity index (χ0n) is 8.31. The van der Waals surface area contributed by atoms with Crippen LogP contribution in [0.3, 0.4) is 0 Å². The summed E-state index contributed by atoms with van der Waals surface area (Å²) in [5, 5.41) is 14.8. The molecule has 2 N–H and O–H groups in total. The maximum Gasteiger partial charge on any atom is 0.308 e. The Morgan fingerprint density at radius 1 is 1.69 bits per heavy atom. The van der Waals surface area contributed by atoms with Crippen LogP contribution in [0.5, 0.6) is 0 Å². The van der Waals surface area contributed by atoms with E-state index >= 15 is 0 Å². The minimum Gasteiger partial charge on any atom is -0.481 e. The van der Waals surface area contributed by atoms with E-state index in [2.05, 4.69) is 10.2 Å². The van der Waals surface area contributed by atoms with Crippen LogP contribution in [0.2, 0.25) is 5.02 Å². The van der Waals surface area contributed by atoms with E-state index in [0.717, 1.165) is 0 Å². The lowest BCUT2D eigenvalue weighted by Crippen LogP contribution is -2.25. The third kappa shape index (κ3) is 1.88. The lowest BCUT2D eigenvalue weighted by molar-refractivity contribution is -0.140. The lowest BCUT2D eigenvalue weighted by atomic mass is 10.1. The molecule has 0 unspecified atom stereocenters. The summed E-state index contributed by atoms with van der Waals surface area (Å²) in [6.45, 7) is 0.933. The zero-order valence-corrected chi connectivity index (χ0v) is 9.07. The first-order valence-electron chi connectivity index (χ1n) is 4.80. The fraction of sp³-hybridized carbons (Fsp3) is 0.444. The molecule has 86 valence electrons. The Bertz CT molecular complexity index is 473. The molecule has 6 nitrogen and oxygen atoms in total. The van der Waals surface area contributed by atoms with Crippen LogP contribution in [0.25, 0.3) is 0 Å². The van der Waals surface area contributed by atoms with Gasteiger partial charge in [0.05, 0.1) is 17.8 Å². The van der Waals surface area contributed by atoms with Gasteiger partial charge >= 0.3 is 5.97 Å². The number of rotatable bonds is 2. The number of carboxylic acid groups (broad SMARTS) is 1. The monoisotopic (exact) mass is 243 g/mol. The second kappa shape index (κ2) is 4.13. The molecule has 0 aliphatic carbocycles. The summed E-state index contributed by atoms with van der Waals surface area (Å²) in [5.74, 6) is -1.23. The van der Waals surface area contributed by atoms with Crippen LogP contribution in [0.15, 0.2) is 11.0 Å². The first-order valence-corrected chi connectivity index (χ1v) is 5.18. The molecule has 2 rings (SSSR count). The summed E-state index contributed by atoms with van der Waals surface area (Å²) in [7, 11) is 0. The predicted octanol–water partition coefficient (Wildman–Crippen LogP) is 0.334. The van der Waals surface area contributed by atoms with E-state index in [1.54, 1.807) is 4.90 Å². The van der Waals surface area contributed by atoms with Crippen molar-refractivity contribution in [1.82, 2.24) is 10.2 Å². The molecule has 16 heavy (non-hydrogen) atoms. The number of carbonyl (C=O) groups is 1. The summed E-state index contributed by atoms with van der Waals surface area (Å²) in [6, 6.07) is 0. The number of anilines is 1. The van der Waals surface area contributed by atoms with Gasteiger partial charge in [-0.2, -0.15) is 5.10 Å². The first-order chi connectivity index (χ1) is 7.59. The molecule has 1 fully saturated rings. The molecule has 2 heterocycles. The van der Waals surface area contributed by atoms with Crippen molar-refractivity contribution in [3.05, 3.63) is 21.6 Å². The van der Waals surface area contributed by atoms with Gasteiger partial charge in [0.1, 0.15) is 5.02 Å². The summed E-state index contributed by atoms with van der Waals surface area (Å²) in [6.07, 6.45) is 1.99. The molecule has 0 aromatic carbocycles. The number of aromatic amines is 1. The van der Waals surface area contributed by atoms with Crippen LogP contribution in [-0.4, -0.2) is 34.4 Å². The average molecular weight is 244 g/mol. The molecule has 0 saturated carbocycles. The molecular formula is C9H10ClN3O3. The summed E-state index contributed by atoms with van der Waals surface area (Å²) in [5.41, 5.74) is 0.0344. The number of aliphatic carboxylic acids is 1. The van der Waals surface area contributed by atoms with Gasteiger partial charge in [0.15, 0.2) is 0 Å². The van der Waals surface area contributed by atoms with E-state index in [1.165, 1.54) is 6.20 Å². The maximum atomic E-state index is 11.2. The number of carboxylic acids is 1. The van der Waals surface area contributed by atoms with Crippen molar-refractivity contribution < 1.29 is 9.90 Å². The topological polar surface area (TPSA) is 86.3 Å². The number of halogens is 1. The van der Waals surface area contributed by atoms with E-state index in [-0.39, 0.29) is 5.02 Å². The Morgan fingerprint density at radius 3 is 3.06 bits per heavy atom. The quantitative estimate of drug-likeness (QED) is 0.782. The number of hydrogen-bond acceptors (Lipinski definition) is 4. The van der Waals surface area contributed by atoms with Gasteiger partial charge in [-0.25, -0.2) is 5.10 Å². The highest BCUT2D eigenvalue weighted by atomic mass is 35.5. The fourth-order valence-electron chi connectivity index (χ4n) is 1.78. The number of aromatic nitrogens is 2. The molecular weight excluding hydrogens is 234 g/mol. The smallest absolute Gasteiger partial charge is 0.308 e. The van der Waals surface area contributed by atoms with E-state index < -0.39 is 17.4 Å². The zero-order chi connectivity index (χ0) is 11.7. The van der Waals surface area contributed by atoms with Crippen molar-refractivity contribution in [3.8, 4) is 0 Å². The third-order valence-electron chi connectivity index (χ3n) is 2.66. The molecule has 7 heteroatoms. The Hall–Kier alpha value is -1.56. The molecule has 1 aromatic heterocycles. The molecule has 1 aliphatic heterocycles. The van der Waals surface area contributed by atoms with Gasteiger partial charge in [0.25, 0.3) is 5.56 Å². The molecule has 0 spiro atoms. The van der Waals surface area contributed by atoms with Crippen LogP contribution in [0.4, 0.5) is 5.69 Å². The third-order valence-corrected chi connectivity index (χ3v) is 3.02. The minimum absolute atomic E-state index is 0.0565. The maximum absolute atomic E-state index is 11.2. The highest BCUT2D eigenvalue weighted by molar-refractivity contribution is 6.33. The standard InChI is InChI=1S/C9H10ClN3O3/c10-7-6(3-11-12-8(7)14)13-2-1-5(4-13)9(15)16/h3,5H,1-2,4H2,(H,12,14)(H,15,16)/t5-/m1/s1. The van der Waals surface area contributed by atoms with Crippen molar-refractivity contribution in [2.24, 2.45) is 5.92 Å². The van der Waals surface area contributed by atoms with Crippen molar-refractivity contribution in [3.63, 3.8) is 0 Å². The molecule has 1 aromatic rings. The number of H-pyrrole nitrogens is 1. The summed E-state index contributed by atoms with van der Waals surface area (Å²) >= 11 is 5.83. The highest BCUT2D eigenvalue weighted by Crippen LogP contribution is 2.27. The van der Waals surface area contributed by atoms with Crippen molar-refractivity contribution >= 4 is 23.3 Å². The van der Waals surface area contributed by atoms with Crippen molar-refractivity contribution in [2.45, 2.75) is 6.42 Å². The Labute approximate surface area is 95.8 Å². The molecule has 0 amide bonds. The van der Waals surface area contributed by atoms with Gasteiger partial charge in [-0.1, -0.05) is 11.6 Å². The van der Waals surface area contributed by atoms with Gasteiger partial charge in [0, 0.05) is 13.1 Å². The SMILES string of the molecule is O=C(O)[C@@H]1CCN(c2cn[nH]c(=O)c2Cl)C1.